The van der Waals surface area contributed by atoms with Crippen LogP contribution in [0.5, 0.6) is 11.5 Å². The number of piperidine rings is 1. The van der Waals surface area contributed by atoms with Crippen LogP contribution in [0.3, 0.4) is 0 Å². The number of β-amino-alcohol motifs (C(OH)–C–C–N with tert-alkyl or cyclic N) is 1. The molecule has 3 rings (SSSR count). The number of hydrogen-bond donors (Lipinski definition) is 1. The third kappa shape index (κ3) is 4.41. The van der Waals surface area contributed by atoms with Crippen molar-refractivity contribution in [2.45, 2.75) is 57.4 Å². The van der Waals surface area contributed by atoms with E-state index in [1.807, 2.05) is 24.3 Å². The Morgan fingerprint density at radius 2 is 1.92 bits per heavy atom. The summed E-state index contributed by atoms with van der Waals surface area (Å²) in [7, 11) is 0. The van der Waals surface area contributed by atoms with Gasteiger partial charge in [0.05, 0.1) is 19.3 Å². The predicted octanol–water partition coefficient (Wildman–Crippen LogP) is 2.47. The van der Waals surface area contributed by atoms with Gasteiger partial charge in [0.2, 0.25) is 0 Å². The second-order valence-electron chi connectivity index (χ2n) is 7.01. The number of likely N-dealkylation sites (tertiary alicyclic amines) is 1. The van der Waals surface area contributed by atoms with Gasteiger partial charge in [0.25, 0.3) is 0 Å². The highest BCUT2D eigenvalue weighted by Gasteiger charge is 2.27. The highest BCUT2D eigenvalue weighted by molar-refractivity contribution is 5.40. The molecule has 0 aromatic heterocycles. The molecule has 1 aromatic rings. The zero-order valence-electron chi connectivity index (χ0n) is 14.7. The number of benzene rings is 1. The molecule has 0 amide bonds. The van der Waals surface area contributed by atoms with Gasteiger partial charge in [-0.25, -0.2) is 0 Å². The molecule has 2 aliphatic rings. The highest BCUT2D eigenvalue weighted by atomic mass is 16.6. The van der Waals surface area contributed by atoms with Crippen LogP contribution < -0.4 is 9.47 Å². The van der Waals surface area contributed by atoms with Crippen molar-refractivity contribution in [2.24, 2.45) is 0 Å². The Labute approximate surface area is 144 Å². The summed E-state index contributed by atoms with van der Waals surface area (Å²) < 4.78 is 17.2. The number of para-hydroxylation sites is 2. The summed E-state index contributed by atoms with van der Waals surface area (Å²) in [4.78, 5) is 2.40. The summed E-state index contributed by atoms with van der Waals surface area (Å²) in [5.41, 5.74) is 0. The van der Waals surface area contributed by atoms with Gasteiger partial charge in [0.1, 0.15) is 6.61 Å². The van der Waals surface area contributed by atoms with Crippen molar-refractivity contribution in [1.29, 1.82) is 0 Å². The lowest BCUT2D eigenvalue weighted by molar-refractivity contribution is -0.0391. The van der Waals surface area contributed by atoms with E-state index in [2.05, 4.69) is 18.7 Å². The van der Waals surface area contributed by atoms with Crippen LogP contribution >= 0.6 is 0 Å². The van der Waals surface area contributed by atoms with Crippen molar-refractivity contribution in [2.75, 3.05) is 26.4 Å². The maximum Gasteiger partial charge on any atom is 0.161 e. The Hall–Kier alpha value is -1.30. The van der Waals surface area contributed by atoms with Gasteiger partial charge in [0.15, 0.2) is 17.6 Å². The van der Waals surface area contributed by atoms with E-state index in [0.29, 0.717) is 38.4 Å². The summed E-state index contributed by atoms with van der Waals surface area (Å²) in [5.74, 6) is 1.54. The zero-order valence-corrected chi connectivity index (χ0v) is 14.7. The normalized spacial score (nSPS) is 28.5. The van der Waals surface area contributed by atoms with Gasteiger partial charge in [-0.3, -0.25) is 4.90 Å². The lowest BCUT2D eigenvalue weighted by atomic mass is 9.97. The first-order valence-corrected chi connectivity index (χ1v) is 9.03. The molecular formula is C19H29NO4. The third-order valence-electron chi connectivity index (χ3n) is 4.98. The fourth-order valence-corrected chi connectivity index (χ4v) is 3.61. The first kappa shape index (κ1) is 17.5. The SMILES string of the molecule is C[C@@H]1CCC[C@H](C)N1C[C@@H](O)COC[C@H]1COc2ccccc2O1. The molecular weight excluding hydrogens is 306 g/mol. The van der Waals surface area contributed by atoms with Crippen LogP contribution in [-0.2, 0) is 4.74 Å². The van der Waals surface area contributed by atoms with Crippen molar-refractivity contribution in [3.8, 4) is 11.5 Å². The molecule has 0 radical (unpaired) electrons. The second-order valence-corrected chi connectivity index (χ2v) is 7.01. The van der Waals surface area contributed by atoms with E-state index in [9.17, 15) is 5.11 Å². The summed E-state index contributed by atoms with van der Waals surface area (Å²) >= 11 is 0. The first-order valence-electron chi connectivity index (χ1n) is 9.03. The lowest BCUT2D eigenvalue weighted by Gasteiger charge is -2.40. The molecule has 4 atom stereocenters. The number of fused-ring (bicyclic) bond motifs is 1. The van der Waals surface area contributed by atoms with Crippen molar-refractivity contribution in [1.82, 2.24) is 4.90 Å². The summed E-state index contributed by atoms with van der Waals surface area (Å²) in [6.07, 6.45) is 3.12. The molecule has 0 aliphatic carbocycles. The minimum absolute atomic E-state index is 0.125. The number of hydrogen-bond acceptors (Lipinski definition) is 5. The van der Waals surface area contributed by atoms with E-state index in [-0.39, 0.29) is 6.10 Å². The van der Waals surface area contributed by atoms with Crippen molar-refractivity contribution in [3.05, 3.63) is 24.3 Å². The van der Waals surface area contributed by atoms with Crippen LogP contribution in [0.1, 0.15) is 33.1 Å². The second kappa shape index (κ2) is 8.19. The van der Waals surface area contributed by atoms with E-state index in [0.717, 1.165) is 11.5 Å². The number of rotatable bonds is 6. The van der Waals surface area contributed by atoms with E-state index in [1.165, 1.54) is 19.3 Å². The van der Waals surface area contributed by atoms with Crippen LogP contribution in [0.4, 0.5) is 0 Å². The van der Waals surface area contributed by atoms with Crippen LogP contribution in [0.2, 0.25) is 0 Å². The van der Waals surface area contributed by atoms with Crippen LogP contribution in [-0.4, -0.2) is 60.7 Å². The molecule has 134 valence electrons. The molecule has 0 unspecified atom stereocenters. The monoisotopic (exact) mass is 335 g/mol. The van der Waals surface area contributed by atoms with Crippen LogP contribution in [0, 0.1) is 0 Å². The lowest BCUT2D eigenvalue weighted by Crippen LogP contribution is -2.48. The molecule has 5 nitrogen and oxygen atoms in total. The predicted molar refractivity (Wildman–Crippen MR) is 92.7 cm³/mol. The molecule has 1 fully saturated rings. The Kier molecular flexibility index (Phi) is 5.98. The van der Waals surface area contributed by atoms with Gasteiger partial charge in [-0.05, 0) is 38.8 Å². The third-order valence-corrected chi connectivity index (χ3v) is 4.98. The molecule has 24 heavy (non-hydrogen) atoms. The molecule has 2 heterocycles. The van der Waals surface area contributed by atoms with Gasteiger partial charge >= 0.3 is 0 Å². The summed E-state index contributed by atoms with van der Waals surface area (Å²) in [6, 6.07) is 8.73. The minimum Gasteiger partial charge on any atom is -0.486 e. The Morgan fingerprint density at radius 1 is 1.21 bits per heavy atom. The number of nitrogens with zero attached hydrogens (tertiary/aromatic N) is 1. The van der Waals surface area contributed by atoms with Gasteiger partial charge in [-0.15, -0.1) is 0 Å². The molecule has 1 aromatic carbocycles. The van der Waals surface area contributed by atoms with E-state index < -0.39 is 6.10 Å². The maximum atomic E-state index is 10.3. The van der Waals surface area contributed by atoms with Gasteiger partial charge in [-0.2, -0.15) is 0 Å². The Balaban J connectivity index is 1.39. The number of aliphatic hydroxyl groups excluding tert-OH is 1. The minimum atomic E-state index is -0.468. The molecule has 1 N–H and O–H groups in total. The Bertz CT molecular complexity index is 514. The summed E-state index contributed by atoms with van der Waals surface area (Å²) in [6.45, 7) is 6.40. The zero-order chi connectivity index (χ0) is 16.9. The molecule has 0 saturated carbocycles. The van der Waals surface area contributed by atoms with Crippen molar-refractivity contribution < 1.29 is 19.3 Å². The first-order chi connectivity index (χ1) is 11.6. The molecule has 1 saturated heterocycles. The molecule has 0 spiro atoms. The van der Waals surface area contributed by atoms with Gasteiger partial charge in [-0.1, -0.05) is 18.6 Å². The fourth-order valence-electron chi connectivity index (χ4n) is 3.61. The number of ether oxygens (including phenoxy) is 3. The van der Waals surface area contributed by atoms with E-state index >= 15 is 0 Å². The van der Waals surface area contributed by atoms with Crippen LogP contribution in [0.25, 0.3) is 0 Å². The van der Waals surface area contributed by atoms with Crippen molar-refractivity contribution in [3.63, 3.8) is 0 Å². The fraction of sp³-hybridized carbons (Fsp3) is 0.684. The van der Waals surface area contributed by atoms with Crippen molar-refractivity contribution >= 4 is 0 Å². The van der Waals surface area contributed by atoms with E-state index in [1.54, 1.807) is 0 Å². The number of aliphatic hydroxyl groups is 1. The highest BCUT2D eigenvalue weighted by Crippen LogP contribution is 2.30. The Morgan fingerprint density at radius 3 is 2.67 bits per heavy atom. The van der Waals surface area contributed by atoms with Gasteiger partial charge < -0.3 is 19.3 Å². The largest absolute Gasteiger partial charge is 0.486 e. The summed E-state index contributed by atoms with van der Waals surface area (Å²) in [5, 5.41) is 10.3. The van der Waals surface area contributed by atoms with Crippen LogP contribution in [0.15, 0.2) is 24.3 Å². The average molecular weight is 335 g/mol. The van der Waals surface area contributed by atoms with E-state index in [4.69, 9.17) is 14.2 Å². The quantitative estimate of drug-likeness (QED) is 0.865. The molecule has 0 bridgehead atoms. The maximum absolute atomic E-state index is 10.3. The van der Waals surface area contributed by atoms with Gasteiger partial charge in [0, 0.05) is 18.6 Å². The standard InChI is InChI=1S/C19H29NO4/c1-14-6-5-7-15(2)20(14)10-16(21)11-22-12-17-13-23-18-8-3-4-9-19(18)24-17/h3-4,8-9,14-17,21H,5-7,10-13H2,1-2H3/t14-,15+,16-,17+/m1/s1. The average Bonchev–Trinajstić information content (AvgIpc) is 2.58. The molecule has 5 heteroatoms. The smallest absolute Gasteiger partial charge is 0.161 e. The molecule has 2 aliphatic heterocycles. The topological polar surface area (TPSA) is 51.2 Å².